The van der Waals surface area contributed by atoms with Crippen molar-refractivity contribution in [2.24, 2.45) is 5.73 Å². The zero-order valence-electron chi connectivity index (χ0n) is 11.7. The quantitative estimate of drug-likeness (QED) is 0.639. The first-order valence-corrected chi connectivity index (χ1v) is 6.76. The molecule has 2 atom stereocenters. The van der Waals surface area contributed by atoms with Crippen LogP contribution in [0.4, 0.5) is 0 Å². The van der Waals surface area contributed by atoms with Crippen molar-refractivity contribution >= 4 is 0 Å². The van der Waals surface area contributed by atoms with Gasteiger partial charge in [-0.3, -0.25) is 0 Å². The summed E-state index contributed by atoms with van der Waals surface area (Å²) in [6.45, 7) is 4.21. The summed E-state index contributed by atoms with van der Waals surface area (Å²) in [6.07, 6.45) is 4.79. The van der Waals surface area contributed by atoms with E-state index in [2.05, 4.69) is 23.9 Å². The predicted molar refractivity (Wildman–Crippen MR) is 72.2 cm³/mol. The Morgan fingerprint density at radius 3 is 2.88 bits per heavy atom. The fourth-order valence-electron chi connectivity index (χ4n) is 2.63. The molecule has 0 bridgehead atoms. The summed E-state index contributed by atoms with van der Waals surface area (Å²) < 4.78 is 5.04. The van der Waals surface area contributed by atoms with Crippen molar-refractivity contribution < 1.29 is 4.74 Å². The van der Waals surface area contributed by atoms with E-state index in [0.717, 1.165) is 38.6 Å². The zero-order valence-corrected chi connectivity index (χ0v) is 11.7. The van der Waals surface area contributed by atoms with Crippen LogP contribution in [0.2, 0.25) is 0 Å². The molecular weight excluding hydrogens is 214 g/mol. The molecule has 2 unspecified atom stereocenters. The summed E-state index contributed by atoms with van der Waals surface area (Å²) in [6, 6.07) is 1.01. The highest BCUT2D eigenvalue weighted by molar-refractivity contribution is 4.79. The number of likely N-dealkylation sites (tertiary alicyclic amines) is 1. The van der Waals surface area contributed by atoms with E-state index in [1.165, 1.54) is 19.4 Å². The van der Waals surface area contributed by atoms with Gasteiger partial charge in [-0.2, -0.15) is 0 Å². The number of hydrogen-bond acceptors (Lipinski definition) is 4. The number of likely N-dealkylation sites (N-methyl/N-ethyl adjacent to an activating group) is 2. The van der Waals surface area contributed by atoms with Crippen molar-refractivity contribution in [1.82, 2.24) is 9.80 Å². The first-order chi connectivity index (χ1) is 8.13. The van der Waals surface area contributed by atoms with E-state index >= 15 is 0 Å². The maximum absolute atomic E-state index is 6.11. The van der Waals surface area contributed by atoms with Gasteiger partial charge in [0, 0.05) is 38.9 Å². The highest BCUT2D eigenvalue weighted by Gasteiger charge is 2.22. The van der Waals surface area contributed by atoms with E-state index in [1.54, 1.807) is 7.11 Å². The second-order valence-corrected chi connectivity index (χ2v) is 5.39. The Kier molecular flexibility index (Phi) is 7.04. The van der Waals surface area contributed by atoms with Gasteiger partial charge < -0.3 is 20.3 Å². The lowest BCUT2D eigenvalue weighted by atomic mass is 10.1. The summed E-state index contributed by atoms with van der Waals surface area (Å²) in [4.78, 5) is 4.84. The fraction of sp³-hybridized carbons (Fsp3) is 1.00. The monoisotopic (exact) mass is 243 g/mol. The molecule has 4 heteroatoms. The van der Waals surface area contributed by atoms with Crippen molar-refractivity contribution in [3.8, 4) is 0 Å². The highest BCUT2D eigenvalue weighted by Crippen LogP contribution is 2.15. The Morgan fingerprint density at radius 2 is 2.29 bits per heavy atom. The minimum atomic E-state index is 0.279. The van der Waals surface area contributed by atoms with Crippen LogP contribution in [0.3, 0.4) is 0 Å². The first-order valence-electron chi connectivity index (χ1n) is 6.76. The average Bonchev–Trinajstić information content (AvgIpc) is 2.64. The predicted octanol–water partition coefficient (Wildman–Crippen LogP) is 0.766. The van der Waals surface area contributed by atoms with E-state index in [1.807, 2.05) is 0 Å². The van der Waals surface area contributed by atoms with Gasteiger partial charge >= 0.3 is 0 Å². The van der Waals surface area contributed by atoms with Gasteiger partial charge in [-0.15, -0.1) is 0 Å². The van der Waals surface area contributed by atoms with Crippen molar-refractivity contribution in [2.45, 2.75) is 37.8 Å². The minimum Gasteiger partial charge on any atom is -0.385 e. The normalized spacial score (nSPS) is 23.5. The molecule has 1 rings (SSSR count). The largest absolute Gasteiger partial charge is 0.385 e. The Bertz CT molecular complexity index is 201. The average molecular weight is 243 g/mol. The lowest BCUT2D eigenvalue weighted by Crippen LogP contribution is -2.42. The van der Waals surface area contributed by atoms with Crippen LogP contribution < -0.4 is 5.73 Å². The van der Waals surface area contributed by atoms with Gasteiger partial charge in [0.05, 0.1) is 0 Å². The van der Waals surface area contributed by atoms with E-state index in [0.29, 0.717) is 0 Å². The molecule has 0 radical (unpaired) electrons. The van der Waals surface area contributed by atoms with Gasteiger partial charge in [0.2, 0.25) is 0 Å². The lowest BCUT2D eigenvalue weighted by Gasteiger charge is -2.27. The Morgan fingerprint density at radius 1 is 1.53 bits per heavy atom. The van der Waals surface area contributed by atoms with Crippen LogP contribution in [-0.4, -0.2) is 69.3 Å². The maximum Gasteiger partial charge on any atom is 0.0462 e. The summed E-state index contributed by atoms with van der Waals surface area (Å²) in [5.41, 5.74) is 6.11. The third-order valence-corrected chi connectivity index (χ3v) is 3.66. The molecule has 0 saturated carbocycles. The number of nitrogens with zero attached hydrogens (tertiary/aromatic N) is 2. The van der Waals surface area contributed by atoms with Crippen LogP contribution in [-0.2, 0) is 4.74 Å². The standard InChI is InChI=1S/C13H29N3O/c1-15(10-12(14)6-5-9-17-3)11-13-7-4-8-16(13)2/h12-13H,4-11,14H2,1-3H3. The van der Waals surface area contributed by atoms with Gasteiger partial charge in [0.25, 0.3) is 0 Å². The summed E-state index contributed by atoms with van der Waals surface area (Å²) >= 11 is 0. The zero-order chi connectivity index (χ0) is 12.7. The highest BCUT2D eigenvalue weighted by atomic mass is 16.5. The van der Waals surface area contributed by atoms with Gasteiger partial charge in [0.1, 0.15) is 0 Å². The molecule has 0 aromatic rings. The molecule has 102 valence electrons. The second kappa shape index (κ2) is 8.03. The number of nitrogens with two attached hydrogens (primary N) is 1. The minimum absolute atomic E-state index is 0.279. The molecule has 1 saturated heterocycles. The van der Waals surface area contributed by atoms with E-state index in [4.69, 9.17) is 10.5 Å². The molecule has 1 aliphatic rings. The Hall–Kier alpha value is -0.160. The molecule has 1 fully saturated rings. The smallest absolute Gasteiger partial charge is 0.0462 e. The lowest BCUT2D eigenvalue weighted by molar-refractivity contribution is 0.182. The second-order valence-electron chi connectivity index (χ2n) is 5.39. The van der Waals surface area contributed by atoms with Crippen LogP contribution in [0.5, 0.6) is 0 Å². The van der Waals surface area contributed by atoms with Crippen LogP contribution in [0.1, 0.15) is 25.7 Å². The Balaban J connectivity index is 2.12. The van der Waals surface area contributed by atoms with E-state index in [9.17, 15) is 0 Å². The molecule has 0 aromatic carbocycles. The van der Waals surface area contributed by atoms with Crippen molar-refractivity contribution in [3.05, 3.63) is 0 Å². The third kappa shape index (κ3) is 5.82. The van der Waals surface area contributed by atoms with Crippen molar-refractivity contribution in [1.29, 1.82) is 0 Å². The van der Waals surface area contributed by atoms with Gasteiger partial charge in [-0.1, -0.05) is 0 Å². The summed E-state index contributed by atoms with van der Waals surface area (Å²) in [5, 5.41) is 0. The SMILES string of the molecule is COCCCC(N)CN(C)CC1CCCN1C. The molecule has 0 aromatic heterocycles. The molecule has 4 nitrogen and oxygen atoms in total. The molecule has 1 heterocycles. The Labute approximate surface area is 106 Å². The van der Waals surface area contributed by atoms with Crippen molar-refractivity contribution in [2.75, 3.05) is 47.4 Å². The molecule has 2 N–H and O–H groups in total. The summed E-state index contributed by atoms with van der Waals surface area (Å²) in [7, 11) is 6.15. The van der Waals surface area contributed by atoms with E-state index in [-0.39, 0.29) is 6.04 Å². The molecule has 17 heavy (non-hydrogen) atoms. The number of rotatable bonds is 8. The van der Waals surface area contributed by atoms with Gasteiger partial charge in [0.15, 0.2) is 0 Å². The van der Waals surface area contributed by atoms with Gasteiger partial charge in [-0.05, 0) is 46.3 Å². The van der Waals surface area contributed by atoms with Crippen LogP contribution >= 0.6 is 0 Å². The van der Waals surface area contributed by atoms with Gasteiger partial charge in [-0.25, -0.2) is 0 Å². The number of methoxy groups -OCH3 is 1. The van der Waals surface area contributed by atoms with Crippen molar-refractivity contribution in [3.63, 3.8) is 0 Å². The fourth-order valence-corrected chi connectivity index (χ4v) is 2.63. The number of hydrogen-bond donors (Lipinski definition) is 1. The first kappa shape index (κ1) is 14.9. The summed E-state index contributed by atoms with van der Waals surface area (Å²) in [5.74, 6) is 0. The van der Waals surface area contributed by atoms with Crippen LogP contribution in [0, 0.1) is 0 Å². The topological polar surface area (TPSA) is 41.7 Å². The maximum atomic E-state index is 6.11. The molecular formula is C13H29N3O. The molecule has 0 aliphatic carbocycles. The number of ether oxygens (including phenoxy) is 1. The third-order valence-electron chi connectivity index (χ3n) is 3.66. The molecule has 1 aliphatic heterocycles. The van der Waals surface area contributed by atoms with Crippen LogP contribution in [0.25, 0.3) is 0 Å². The van der Waals surface area contributed by atoms with E-state index < -0.39 is 0 Å². The molecule has 0 amide bonds. The van der Waals surface area contributed by atoms with Crippen LogP contribution in [0.15, 0.2) is 0 Å². The molecule has 0 spiro atoms.